The van der Waals surface area contributed by atoms with E-state index in [2.05, 4.69) is 10.1 Å². The fourth-order valence-electron chi connectivity index (χ4n) is 2.57. The average Bonchev–Trinajstić information content (AvgIpc) is 2.82. The summed E-state index contributed by atoms with van der Waals surface area (Å²) in [4.78, 5) is 15.3. The summed E-state index contributed by atoms with van der Waals surface area (Å²) < 4.78 is 28.1. The Morgan fingerprint density at radius 3 is 2.58 bits per heavy atom. The van der Waals surface area contributed by atoms with Gasteiger partial charge in [-0.3, -0.25) is 4.79 Å². The van der Waals surface area contributed by atoms with Crippen molar-refractivity contribution in [2.45, 2.75) is 19.9 Å². The van der Waals surface area contributed by atoms with E-state index in [4.69, 9.17) is 16.7 Å². The first kappa shape index (κ1) is 16.3. The molecule has 0 aliphatic rings. The number of pyridine rings is 1. The number of alkyl halides is 2. The third-order valence-corrected chi connectivity index (χ3v) is 3.82. The number of aliphatic carboxylic acids is 1. The number of nitrogens with zero attached hydrogens (tertiary/aromatic N) is 3. The molecule has 3 aromatic rings. The van der Waals surface area contributed by atoms with Crippen molar-refractivity contribution in [2.75, 3.05) is 0 Å². The van der Waals surface area contributed by atoms with Crippen LogP contribution in [0.3, 0.4) is 0 Å². The van der Waals surface area contributed by atoms with Crippen LogP contribution in [-0.2, 0) is 11.3 Å². The first-order valence-electron chi connectivity index (χ1n) is 7.00. The number of hydrogen-bond donors (Lipinski definition) is 1. The Kier molecular flexibility index (Phi) is 4.19. The lowest BCUT2D eigenvalue weighted by molar-refractivity contribution is -0.137. The Balaban J connectivity index is 2.28. The molecule has 0 unspecified atom stereocenters. The van der Waals surface area contributed by atoms with E-state index in [0.717, 1.165) is 4.68 Å². The predicted molar refractivity (Wildman–Crippen MR) is 85.3 cm³/mol. The van der Waals surface area contributed by atoms with Crippen molar-refractivity contribution in [1.29, 1.82) is 0 Å². The summed E-state index contributed by atoms with van der Waals surface area (Å²) in [6.07, 6.45) is -2.73. The van der Waals surface area contributed by atoms with Crippen LogP contribution in [0.25, 0.3) is 22.3 Å². The Hall–Kier alpha value is -2.54. The first-order valence-corrected chi connectivity index (χ1v) is 7.38. The van der Waals surface area contributed by atoms with Gasteiger partial charge in [-0.2, -0.15) is 5.10 Å². The molecule has 0 aliphatic heterocycles. The van der Waals surface area contributed by atoms with Crippen LogP contribution in [-0.4, -0.2) is 25.8 Å². The van der Waals surface area contributed by atoms with Gasteiger partial charge in [0.05, 0.1) is 16.8 Å². The Morgan fingerprint density at radius 1 is 1.33 bits per heavy atom. The van der Waals surface area contributed by atoms with Crippen molar-refractivity contribution in [1.82, 2.24) is 14.8 Å². The fourth-order valence-corrected chi connectivity index (χ4v) is 2.69. The second kappa shape index (κ2) is 6.16. The van der Waals surface area contributed by atoms with Crippen LogP contribution in [0.4, 0.5) is 8.78 Å². The van der Waals surface area contributed by atoms with Gasteiger partial charge in [-0.25, -0.2) is 18.4 Å². The van der Waals surface area contributed by atoms with Crippen molar-refractivity contribution < 1.29 is 18.7 Å². The summed E-state index contributed by atoms with van der Waals surface area (Å²) in [5.74, 6) is -1.13. The average molecular weight is 352 g/mol. The van der Waals surface area contributed by atoms with Crippen LogP contribution in [0.5, 0.6) is 0 Å². The van der Waals surface area contributed by atoms with Crippen molar-refractivity contribution in [3.05, 3.63) is 46.6 Å². The number of carbonyl (C=O) groups is 1. The van der Waals surface area contributed by atoms with Gasteiger partial charge in [0.15, 0.2) is 5.65 Å². The maximum Gasteiger partial charge on any atom is 0.325 e. The van der Waals surface area contributed by atoms with Crippen molar-refractivity contribution in [3.8, 4) is 11.3 Å². The van der Waals surface area contributed by atoms with Gasteiger partial charge < -0.3 is 5.11 Å². The van der Waals surface area contributed by atoms with Gasteiger partial charge in [0.1, 0.15) is 6.54 Å². The number of carboxylic acid groups (broad SMARTS) is 1. The zero-order valence-corrected chi connectivity index (χ0v) is 13.3. The van der Waals surface area contributed by atoms with E-state index >= 15 is 0 Å². The molecule has 3 rings (SSSR count). The molecule has 0 spiro atoms. The molecule has 1 aromatic carbocycles. The van der Waals surface area contributed by atoms with E-state index in [9.17, 15) is 13.6 Å². The molecule has 0 bridgehead atoms. The van der Waals surface area contributed by atoms with Crippen LogP contribution in [0.1, 0.15) is 17.7 Å². The van der Waals surface area contributed by atoms with Gasteiger partial charge in [0.25, 0.3) is 6.43 Å². The molecule has 0 fully saturated rings. The Morgan fingerprint density at radius 2 is 2.00 bits per heavy atom. The summed E-state index contributed by atoms with van der Waals surface area (Å²) in [7, 11) is 0. The Labute approximate surface area is 140 Å². The highest BCUT2D eigenvalue weighted by atomic mass is 35.5. The molecule has 0 atom stereocenters. The topological polar surface area (TPSA) is 68.0 Å². The highest BCUT2D eigenvalue weighted by Crippen LogP contribution is 2.33. The summed E-state index contributed by atoms with van der Waals surface area (Å²) >= 11 is 5.84. The number of hydrogen-bond acceptors (Lipinski definition) is 3. The molecular weight excluding hydrogens is 340 g/mol. The monoisotopic (exact) mass is 351 g/mol. The zero-order chi connectivity index (χ0) is 17.4. The summed E-state index contributed by atoms with van der Waals surface area (Å²) in [6.45, 7) is 1.10. The van der Waals surface area contributed by atoms with Crippen molar-refractivity contribution in [2.24, 2.45) is 0 Å². The maximum atomic E-state index is 13.5. The summed E-state index contributed by atoms with van der Waals surface area (Å²) in [5, 5.41) is 13.7. The molecule has 0 saturated carbocycles. The highest BCUT2D eigenvalue weighted by Gasteiger charge is 2.21. The number of aromatic nitrogens is 3. The number of benzene rings is 1. The molecule has 124 valence electrons. The Bertz CT molecular complexity index is 923. The minimum atomic E-state index is -2.73. The third-order valence-electron chi connectivity index (χ3n) is 3.57. The fraction of sp³-hybridized carbons (Fsp3) is 0.188. The quantitative estimate of drug-likeness (QED) is 0.769. The van der Waals surface area contributed by atoms with Gasteiger partial charge in [0.2, 0.25) is 0 Å². The highest BCUT2D eigenvalue weighted by molar-refractivity contribution is 6.30. The standard InChI is InChI=1S/C16H12ClF2N3O2/c1-8-14-11(15(18)19)6-12(9-2-4-10(17)5-3-9)20-16(14)22(21-8)7-13(23)24/h2-6,15H,7H2,1H3,(H,23,24). The predicted octanol–water partition coefficient (Wildman–Crippen LogP) is 4.08. The van der Waals surface area contributed by atoms with Crippen molar-refractivity contribution in [3.63, 3.8) is 0 Å². The largest absolute Gasteiger partial charge is 0.480 e. The lowest BCUT2D eigenvalue weighted by Gasteiger charge is -2.08. The summed E-state index contributed by atoms with van der Waals surface area (Å²) in [5.41, 5.74) is 1.12. The van der Waals surface area contributed by atoms with Gasteiger partial charge in [-0.15, -0.1) is 0 Å². The molecule has 0 saturated heterocycles. The number of carboxylic acids is 1. The van der Waals surface area contributed by atoms with Gasteiger partial charge in [-0.1, -0.05) is 23.7 Å². The normalized spacial score (nSPS) is 11.4. The van der Waals surface area contributed by atoms with Gasteiger partial charge in [-0.05, 0) is 25.1 Å². The van der Waals surface area contributed by atoms with E-state index in [1.54, 1.807) is 31.2 Å². The van der Waals surface area contributed by atoms with E-state index in [0.29, 0.717) is 22.0 Å². The van der Waals surface area contributed by atoms with Crippen LogP contribution >= 0.6 is 11.6 Å². The number of fused-ring (bicyclic) bond motifs is 1. The van der Waals surface area contributed by atoms with Crippen LogP contribution in [0.2, 0.25) is 5.02 Å². The molecule has 24 heavy (non-hydrogen) atoms. The number of aryl methyl sites for hydroxylation is 1. The molecule has 1 N–H and O–H groups in total. The van der Waals surface area contributed by atoms with Crippen LogP contribution < -0.4 is 0 Å². The van der Waals surface area contributed by atoms with E-state index in [1.807, 2.05) is 0 Å². The van der Waals surface area contributed by atoms with E-state index < -0.39 is 18.9 Å². The minimum absolute atomic E-state index is 0.123. The molecule has 2 heterocycles. The van der Waals surface area contributed by atoms with E-state index in [-0.39, 0.29) is 16.6 Å². The number of halogens is 3. The van der Waals surface area contributed by atoms with Crippen molar-refractivity contribution >= 4 is 28.6 Å². The zero-order valence-electron chi connectivity index (χ0n) is 12.5. The lowest BCUT2D eigenvalue weighted by atomic mass is 10.1. The van der Waals surface area contributed by atoms with Crippen LogP contribution in [0, 0.1) is 6.92 Å². The molecule has 0 aliphatic carbocycles. The first-order chi connectivity index (χ1) is 11.4. The number of rotatable bonds is 4. The molecule has 2 aromatic heterocycles. The van der Waals surface area contributed by atoms with Crippen LogP contribution in [0.15, 0.2) is 30.3 Å². The molecule has 0 amide bonds. The third kappa shape index (κ3) is 2.94. The maximum absolute atomic E-state index is 13.5. The minimum Gasteiger partial charge on any atom is -0.480 e. The second-order valence-electron chi connectivity index (χ2n) is 5.24. The van der Waals surface area contributed by atoms with E-state index in [1.165, 1.54) is 6.07 Å². The second-order valence-corrected chi connectivity index (χ2v) is 5.68. The lowest BCUT2D eigenvalue weighted by Crippen LogP contribution is -2.11. The van der Waals surface area contributed by atoms with Gasteiger partial charge in [0, 0.05) is 16.1 Å². The SMILES string of the molecule is Cc1nn(CC(=O)O)c2nc(-c3ccc(Cl)cc3)cc(C(F)F)c12. The van der Waals surface area contributed by atoms with Gasteiger partial charge >= 0.3 is 5.97 Å². The summed E-state index contributed by atoms with van der Waals surface area (Å²) in [6, 6.07) is 7.89. The molecule has 5 nitrogen and oxygen atoms in total. The molecule has 8 heteroatoms. The molecule has 0 radical (unpaired) electrons. The smallest absolute Gasteiger partial charge is 0.325 e. The molecular formula is C16H12ClF2N3O2.